The maximum Gasteiger partial charge on any atom is 0.101 e. The van der Waals surface area contributed by atoms with Crippen molar-refractivity contribution in [1.29, 1.82) is 0 Å². The highest BCUT2D eigenvalue weighted by molar-refractivity contribution is 8.00. The van der Waals surface area contributed by atoms with Crippen LogP contribution in [0.3, 0.4) is 0 Å². The first-order valence-corrected chi connectivity index (χ1v) is 6.56. The Labute approximate surface area is 100 Å². The van der Waals surface area contributed by atoms with Gasteiger partial charge in [-0.1, -0.05) is 6.07 Å². The summed E-state index contributed by atoms with van der Waals surface area (Å²) >= 11 is 7.68. The quantitative estimate of drug-likeness (QED) is 0.742. The molecule has 0 radical (unpaired) electrons. The lowest BCUT2D eigenvalue weighted by Gasteiger charge is -2.17. The summed E-state index contributed by atoms with van der Waals surface area (Å²) in [6.07, 6.45) is 2.92. The van der Waals surface area contributed by atoms with Crippen LogP contribution < -0.4 is 0 Å². The van der Waals surface area contributed by atoms with Gasteiger partial charge < -0.3 is 4.90 Å². The number of rotatable bonds is 2. The molecule has 2 nitrogen and oxygen atoms in total. The molecule has 0 saturated heterocycles. The van der Waals surface area contributed by atoms with Gasteiger partial charge in [0.1, 0.15) is 5.03 Å². The molecule has 0 N–H and O–H groups in total. The number of halogens is 1. The van der Waals surface area contributed by atoms with Crippen molar-refractivity contribution in [3.63, 3.8) is 0 Å². The van der Waals surface area contributed by atoms with E-state index in [0.29, 0.717) is 5.25 Å². The molecule has 0 amide bonds. The average molecular weight is 243 g/mol. The van der Waals surface area contributed by atoms with E-state index in [1.807, 2.05) is 24.0 Å². The van der Waals surface area contributed by atoms with Crippen molar-refractivity contribution in [2.45, 2.75) is 23.2 Å². The van der Waals surface area contributed by atoms with Crippen molar-refractivity contribution in [2.24, 2.45) is 0 Å². The van der Waals surface area contributed by atoms with Crippen LogP contribution in [0.4, 0.5) is 0 Å². The molecule has 1 aromatic rings. The molecule has 82 valence electrons. The molecule has 0 aromatic carbocycles. The summed E-state index contributed by atoms with van der Waals surface area (Å²) in [5.41, 5.74) is 1.34. The molecule has 1 aliphatic heterocycles. The fourth-order valence-electron chi connectivity index (χ4n) is 1.82. The Balaban J connectivity index is 2.20. The van der Waals surface area contributed by atoms with Gasteiger partial charge in [-0.05, 0) is 25.1 Å². The molecule has 1 atom stereocenters. The van der Waals surface area contributed by atoms with Crippen molar-refractivity contribution >= 4 is 23.4 Å². The summed E-state index contributed by atoms with van der Waals surface area (Å²) in [7, 11) is 2.16. The van der Waals surface area contributed by atoms with E-state index in [4.69, 9.17) is 11.6 Å². The van der Waals surface area contributed by atoms with Gasteiger partial charge in [-0.2, -0.15) is 0 Å². The third kappa shape index (κ3) is 2.86. The van der Waals surface area contributed by atoms with E-state index < -0.39 is 0 Å². The van der Waals surface area contributed by atoms with E-state index in [-0.39, 0.29) is 0 Å². The van der Waals surface area contributed by atoms with Gasteiger partial charge in [-0.3, -0.25) is 0 Å². The molecular formula is C11H15ClN2S. The van der Waals surface area contributed by atoms with Crippen LogP contribution in [0.15, 0.2) is 23.4 Å². The van der Waals surface area contributed by atoms with Crippen LogP contribution >= 0.6 is 23.4 Å². The Kier molecular flexibility index (Phi) is 3.89. The first-order valence-electron chi connectivity index (χ1n) is 5.14. The third-order valence-corrected chi connectivity index (χ3v) is 4.04. The van der Waals surface area contributed by atoms with Gasteiger partial charge in [0, 0.05) is 30.4 Å². The van der Waals surface area contributed by atoms with Crippen molar-refractivity contribution in [3.05, 3.63) is 23.9 Å². The second-order valence-electron chi connectivity index (χ2n) is 3.88. The number of aromatic nitrogens is 1. The number of fused-ring (bicyclic) bond motifs is 1. The van der Waals surface area contributed by atoms with E-state index in [2.05, 4.69) is 23.0 Å². The van der Waals surface area contributed by atoms with Gasteiger partial charge >= 0.3 is 0 Å². The molecule has 0 aliphatic carbocycles. The summed E-state index contributed by atoms with van der Waals surface area (Å²) in [6.45, 7) is 2.09. The average Bonchev–Trinajstić information content (AvgIpc) is 2.35. The maximum atomic E-state index is 5.81. The van der Waals surface area contributed by atoms with E-state index in [9.17, 15) is 0 Å². The first-order chi connectivity index (χ1) is 7.29. The molecule has 1 aliphatic rings. The number of nitrogens with zero attached hydrogens (tertiary/aromatic N) is 2. The minimum absolute atomic E-state index is 0.573. The smallest absolute Gasteiger partial charge is 0.101 e. The van der Waals surface area contributed by atoms with Gasteiger partial charge in [0.05, 0.1) is 0 Å². The van der Waals surface area contributed by atoms with Gasteiger partial charge in [-0.15, -0.1) is 23.4 Å². The highest BCUT2D eigenvalue weighted by atomic mass is 35.5. The molecule has 2 rings (SSSR count). The summed E-state index contributed by atoms with van der Waals surface area (Å²) in [6, 6.07) is 4.17. The number of hydrogen-bond donors (Lipinski definition) is 0. The Bertz CT molecular complexity index is 332. The monoisotopic (exact) mass is 242 g/mol. The SMILES string of the molecule is CN1Cc2cccnc2SC(CCCl)C1. The van der Waals surface area contributed by atoms with Crippen molar-refractivity contribution in [3.8, 4) is 0 Å². The summed E-state index contributed by atoms with van der Waals surface area (Å²) < 4.78 is 0. The molecule has 0 spiro atoms. The van der Waals surface area contributed by atoms with Crippen molar-refractivity contribution in [2.75, 3.05) is 19.5 Å². The molecule has 4 heteroatoms. The lowest BCUT2D eigenvalue weighted by atomic mass is 10.2. The lowest BCUT2D eigenvalue weighted by Crippen LogP contribution is -2.25. The zero-order valence-electron chi connectivity index (χ0n) is 8.82. The van der Waals surface area contributed by atoms with Gasteiger partial charge in [0.25, 0.3) is 0 Å². The predicted octanol–water partition coefficient (Wildman–Crippen LogP) is 2.62. The van der Waals surface area contributed by atoms with Crippen LogP contribution in [-0.4, -0.2) is 34.6 Å². The fourth-order valence-corrected chi connectivity index (χ4v) is 3.50. The summed E-state index contributed by atoms with van der Waals surface area (Å²) in [5.74, 6) is 0.730. The van der Waals surface area contributed by atoms with Crippen LogP contribution in [-0.2, 0) is 6.54 Å². The standard InChI is InChI=1S/C11H15ClN2S/c1-14-7-9-3-2-6-13-11(9)15-10(8-14)4-5-12/h2-3,6,10H,4-5,7-8H2,1H3. The normalized spacial score (nSPS) is 22.1. The van der Waals surface area contributed by atoms with E-state index in [0.717, 1.165) is 25.4 Å². The van der Waals surface area contributed by atoms with Crippen molar-refractivity contribution < 1.29 is 0 Å². The Morgan fingerprint density at radius 1 is 1.67 bits per heavy atom. The van der Waals surface area contributed by atoms with Crippen LogP contribution in [0.25, 0.3) is 0 Å². The largest absolute Gasteiger partial charge is 0.301 e. The van der Waals surface area contributed by atoms with Gasteiger partial charge in [0.2, 0.25) is 0 Å². The molecule has 2 heterocycles. The van der Waals surface area contributed by atoms with E-state index >= 15 is 0 Å². The number of pyridine rings is 1. The minimum Gasteiger partial charge on any atom is -0.301 e. The molecule has 1 unspecified atom stereocenters. The Morgan fingerprint density at radius 3 is 3.33 bits per heavy atom. The first kappa shape index (κ1) is 11.2. The lowest BCUT2D eigenvalue weighted by molar-refractivity contribution is 0.327. The highest BCUT2D eigenvalue weighted by Crippen LogP contribution is 2.31. The molecule has 1 aromatic heterocycles. The Morgan fingerprint density at radius 2 is 2.53 bits per heavy atom. The molecule has 0 fully saturated rings. The predicted molar refractivity (Wildman–Crippen MR) is 65.6 cm³/mol. The van der Waals surface area contributed by atoms with Crippen LogP contribution in [0.5, 0.6) is 0 Å². The van der Waals surface area contributed by atoms with Gasteiger partial charge in [0.15, 0.2) is 0 Å². The van der Waals surface area contributed by atoms with E-state index in [1.54, 1.807) is 0 Å². The highest BCUT2D eigenvalue weighted by Gasteiger charge is 2.20. The second-order valence-corrected chi connectivity index (χ2v) is 5.55. The number of alkyl halides is 1. The van der Waals surface area contributed by atoms with Crippen LogP contribution in [0.2, 0.25) is 0 Å². The second kappa shape index (κ2) is 5.19. The maximum absolute atomic E-state index is 5.81. The summed E-state index contributed by atoms with van der Waals surface area (Å²) in [5, 5.41) is 1.75. The van der Waals surface area contributed by atoms with Crippen molar-refractivity contribution in [1.82, 2.24) is 9.88 Å². The number of thioether (sulfide) groups is 1. The zero-order valence-corrected chi connectivity index (χ0v) is 10.4. The Hall–Kier alpha value is -0.250. The molecule has 0 bridgehead atoms. The van der Waals surface area contributed by atoms with Gasteiger partial charge in [-0.25, -0.2) is 4.98 Å². The molecular weight excluding hydrogens is 228 g/mol. The summed E-state index contributed by atoms with van der Waals surface area (Å²) in [4.78, 5) is 6.78. The molecule has 0 saturated carbocycles. The minimum atomic E-state index is 0.573. The fraction of sp³-hybridized carbons (Fsp3) is 0.545. The molecule has 15 heavy (non-hydrogen) atoms. The number of hydrogen-bond acceptors (Lipinski definition) is 3. The van der Waals surface area contributed by atoms with Crippen LogP contribution in [0.1, 0.15) is 12.0 Å². The van der Waals surface area contributed by atoms with Crippen LogP contribution in [0, 0.1) is 0 Å². The van der Waals surface area contributed by atoms with E-state index in [1.165, 1.54) is 10.6 Å². The topological polar surface area (TPSA) is 16.1 Å². The zero-order chi connectivity index (χ0) is 10.7. The third-order valence-electron chi connectivity index (χ3n) is 2.51.